The summed E-state index contributed by atoms with van der Waals surface area (Å²) in [4.78, 5) is 4.22. The van der Waals surface area contributed by atoms with Gasteiger partial charge in [-0.05, 0) is 52.2 Å². The number of nitrogens with one attached hydrogen (secondary N) is 1. The molecule has 0 bridgehead atoms. The largest absolute Gasteiger partial charge is 0.489 e. The molecular formula is C15H16BrFN2O. The zero-order valence-corrected chi connectivity index (χ0v) is 12.8. The second kappa shape index (κ2) is 7.24. The molecule has 0 unspecified atom stereocenters. The number of halogens is 2. The molecule has 106 valence electrons. The average molecular weight is 339 g/mol. The van der Waals surface area contributed by atoms with E-state index in [2.05, 4.69) is 33.2 Å². The molecule has 2 aromatic rings. The number of anilines is 1. The first-order chi connectivity index (χ1) is 9.69. The number of hydrogen-bond acceptors (Lipinski definition) is 3. The van der Waals surface area contributed by atoms with Crippen LogP contribution in [-0.2, 0) is 6.61 Å². The van der Waals surface area contributed by atoms with Gasteiger partial charge in [-0.15, -0.1) is 0 Å². The third-order valence-corrected chi connectivity index (χ3v) is 3.32. The Morgan fingerprint density at radius 1 is 1.30 bits per heavy atom. The Balaban J connectivity index is 1.97. The van der Waals surface area contributed by atoms with Crippen LogP contribution in [0, 0.1) is 5.82 Å². The molecule has 0 aliphatic carbocycles. The van der Waals surface area contributed by atoms with Crippen molar-refractivity contribution < 1.29 is 9.13 Å². The Bertz CT molecular complexity index is 578. The molecule has 0 spiro atoms. The SMILES string of the molecule is CCCNc1cc(COc2ccc(Br)c(F)c2)ccn1. The van der Waals surface area contributed by atoms with E-state index in [4.69, 9.17) is 4.74 Å². The highest BCUT2D eigenvalue weighted by atomic mass is 79.9. The van der Waals surface area contributed by atoms with E-state index in [0.29, 0.717) is 16.8 Å². The fourth-order valence-corrected chi connectivity index (χ4v) is 1.89. The average Bonchev–Trinajstić information content (AvgIpc) is 2.47. The standard InChI is InChI=1S/C15H16BrFN2O/c1-2-6-18-15-8-11(5-7-19-15)10-20-12-3-4-13(16)14(17)9-12/h3-5,7-9H,2,6,10H2,1H3,(H,18,19). The van der Waals surface area contributed by atoms with Gasteiger partial charge in [-0.1, -0.05) is 6.92 Å². The molecule has 0 saturated heterocycles. The molecule has 0 aliphatic rings. The summed E-state index contributed by atoms with van der Waals surface area (Å²) in [6.07, 6.45) is 2.78. The Labute approximate surface area is 126 Å². The first-order valence-corrected chi connectivity index (χ1v) is 7.25. The summed E-state index contributed by atoms with van der Waals surface area (Å²) in [5.41, 5.74) is 0.988. The molecule has 0 radical (unpaired) electrons. The quantitative estimate of drug-likeness (QED) is 0.848. The maximum absolute atomic E-state index is 13.4. The monoisotopic (exact) mass is 338 g/mol. The van der Waals surface area contributed by atoms with Crippen LogP contribution in [0.1, 0.15) is 18.9 Å². The van der Waals surface area contributed by atoms with Crippen LogP contribution in [0.2, 0.25) is 0 Å². The summed E-state index contributed by atoms with van der Waals surface area (Å²) in [7, 11) is 0. The highest BCUT2D eigenvalue weighted by Gasteiger charge is 2.03. The van der Waals surface area contributed by atoms with Gasteiger partial charge in [-0.3, -0.25) is 0 Å². The van der Waals surface area contributed by atoms with Gasteiger partial charge >= 0.3 is 0 Å². The van der Waals surface area contributed by atoms with Crippen molar-refractivity contribution in [3.63, 3.8) is 0 Å². The van der Waals surface area contributed by atoms with Gasteiger partial charge in [0.1, 0.15) is 24.0 Å². The van der Waals surface area contributed by atoms with Crippen LogP contribution in [0.3, 0.4) is 0 Å². The molecule has 1 aromatic carbocycles. The molecule has 1 heterocycles. The maximum atomic E-state index is 13.4. The molecule has 1 aromatic heterocycles. The Morgan fingerprint density at radius 3 is 2.90 bits per heavy atom. The predicted molar refractivity (Wildman–Crippen MR) is 81.4 cm³/mol. The maximum Gasteiger partial charge on any atom is 0.141 e. The number of nitrogens with zero attached hydrogens (tertiary/aromatic N) is 1. The van der Waals surface area contributed by atoms with Crippen LogP contribution in [-0.4, -0.2) is 11.5 Å². The molecule has 2 rings (SSSR count). The van der Waals surface area contributed by atoms with Crippen LogP contribution in [0.15, 0.2) is 41.0 Å². The topological polar surface area (TPSA) is 34.1 Å². The molecule has 0 saturated carbocycles. The molecule has 3 nitrogen and oxygen atoms in total. The van der Waals surface area contributed by atoms with E-state index in [1.165, 1.54) is 6.07 Å². The van der Waals surface area contributed by atoms with E-state index < -0.39 is 0 Å². The van der Waals surface area contributed by atoms with Crippen LogP contribution in [0.4, 0.5) is 10.2 Å². The van der Waals surface area contributed by atoms with Gasteiger partial charge in [0.2, 0.25) is 0 Å². The van der Waals surface area contributed by atoms with E-state index >= 15 is 0 Å². The van der Waals surface area contributed by atoms with Gasteiger partial charge in [0.15, 0.2) is 0 Å². The Morgan fingerprint density at radius 2 is 2.15 bits per heavy atom. The number of hydrogen-bond donors (Lipinski definition) is 1. The van der Waals surface area contributed by atoms with Crippen molar-refractivity contribution in [3.8, 4) is 5.75 Å². The number of aromatic nitrogens is 1. The molecular weight excluding hydrogens is 323 g/mol. The van der Waals surface area contributed by atoms with Crippen LogP contribution in [0.25, 0.3) is 0 Å². The van der Waals surface area contributed by atoms with Crippen molar-refractivity contribution in [1.82, 2.24) is 4.98 Å². The van der Waals surface area contributed by atoms with E-state index in [-0.39, 0.29) is 5.82 Å². The summed E-state index contributed by atoms with van der Waals surface area (Å²) in [6.45, 7) is 3.36. The number of rotatable bonds is 6. The zero-order chi connectivity index (χ0) is 14.4. The minimum atomic E-state index is -0.331. The molecule has 20 heavy (non-hydrogen) atoms. The highest BCUT2D eigenvalue weighted by Crippen LogP contribution is 2.21. The third-order valence-electron chi connectivity index (χ3n) is 2.68. The molecule has 5 heteroatoms. The first kappa shape index (κ1) is 14.8. The van der Waals surface area contributed by atoms with Gasteiger partial charge in [0.05, 0.1) is 4.47 Å². The van der Waals surface area contributed by atoms with Crippen molar-refractivity contribution in [1.29, 1.82) is 0 Å². The Kier molecular flexibility index (Phi) is 5.35. The molecule has 1 N–H and O–H groups in total. The second-order valence-corrected chi connectivity index (χ2v) is 5.20. The fourth-order valence-electron chi connectivity index (χ4n) is 1.65. The third kappa shape index (κ3) is 4.20. The van der Waals surface area contributed by atoms with Crippen molar-refractivity contribution in [2.24, 2.45) is 0 Å². The molecule has 0 fully saturated rings. The van der Waals surface area contributed by atoms with Gasteiger partial charge in [0, 0.05) is 18.8 Å². The van der Waals surface area contributed by atoms with Gasteiger partial charge in [-0.25, -0.2) is 9.37 Å². The summed E-state index contributed by atoms with van der Waals surface area (Å²) in [6, 6.07) is 8.54. The van der Waals surface area contributed by atoms with E-state index in [0.717, 1.165) is 24.3 Å². The number of ether oxygens (including phenoxy) is 1. The minimum absolute atomic E-state index is 0.331. The number of benzene rings is 1. The lowest BCUT2D eigenvalue weighted by Crippen LogP contribution is -2.03. The highest BCUT2D eigenvalue weighted by molar-refractivity contribution is 9.10. The Hall–Kier alpha value is -1.62. The summed E-state index contributed by atoms with van der Waals surface area (Å²) < 4.78 is 19.4. The second-order valence-electron chi connectivity index (χ2n) is 4.34. The van der Waals surface area contributed by atoms with Crippen molar-refractivity contribution in [2.45, 2.75) is 20.0 Å². The van der Waals surface area contributed by atoms with E-state index in [1.807, 2.05) is 12.1 Å². The van der Waals surface area contributed by atoms with Crippen LogP contribution < -0.4 is 10.1 Å². The molecule has 0 atom stereocenters. The first-order valence-electron chi connectivity index (χ1n) is 6.45. The van der Waals surface area contributed by atoms with E-state index in [9.17, 15) is 4.39 Å². The van der Waals surface area contributed by atoms with Crippen molar-refractivity contribution >= 4 is 21.7 Å². The lowest BCUT2D eigenvalue weighted by Gasteiger charge is -2.09. The van der Waals surface area contributed by atoms with Crippen LogP contribution in [0.5, 0.6) is 5.75 Å². The van der Waals surface area contributed by atoms with Gasteiger partial charge in [-0.2, -0.15) is 0 Å². The predicted octanol–water partition coefficient (Wildman–Crippen LogP) is 4.38. The summed E-state index contributed by atoms with van der Waals surface area (Å²) in [5.74, 6) is 1.00. The smallest absolute Gasteiger partial charge is 0.141 e. The zero-order valence-electron chi connectivity index (χ0n) is 11.2. The summed E-state index contributed by atoms with van der Waals surface area (Å²) in [5, 5.41) is 3.22. The lowest BCUT2D eigenvalue weighted by molar-refractivity contribution is 0.304. The van der Waals surface area contributed by atoms with Gasteiger partial charge < -0.3 is 10.1 Å². The molecule has 0 amide bonds. The van der Waals surface area contributed by atoms with Crippen molar-refractivity contribution in [3.05, 3.63) is 52.4 Å². The van der Waals surface area contributed by atoms with Gasteiger partial charge in [0.25, 0.3) is 0 Å². The van der Waals surface area contributed by atoms with Crippen molar-refractivity contribution in [2.75, 3.05) is 11.9 Å². The number of pyridine rings is 1. The fraction of sp³-hybridized carbons (Fsp3) is 0.267. The van der Waals surface area contributed by atoms with E-state index in [1.54, 1.807) is 18.3 Å². The summed E-state index contributed by atoms with van der Waals surface area (Å²) >= 11 is 3.11. The minimum Gasteiger partial charge on any atom is -0.489 e. The normalized spacial score (nSPS) is 10.3. The van der Waals surface area contributed by atoms with Crippen LogP contribution >= 0.6 is 15.9 Å². The lowest BCUT2D eigenvalue weighted by atomic mass is 10.2. The molecule has 0 aliphatic heterocycles.